The number of benzene rings is 1. The number of aryl methyl sites for hydroxylation is 1. The Morgan fingerprint density at radius 3 is 2.07 bits per heavy atom. The van der Waals surface area contributed by atoms with Crippen LogP contribution in [0.5, 0.6) is 5.75 Å². The third-order valence-corrected chi connectivity index (χ3v) is 11.1. The number of carbonyl (C=O) groups is 2. The minimum absolute atomic E-state index is 0.232. The number of unbranched alkanes of at least 4 members (excludes halogenated alkanes) is 12. The smallest absolute Gasteiger partial charge is 0.355 e. The Labute approximate surface area is 272 Å². The average Bonchev–Trinajstić information content (AvgIpc) is 3.30. The second kappa shape index (κ2) is 18.3. The van der Waals surface area contributed by atoms with Gasteiger partial charge >= 0.3 is 11.9 Å². The van der Waals surface area contributed by atoms with Crippen LogP contribution in [0.15, 0.2) is 18.2 Å². The summed E-state index contributed by atoms with van der Waals surface area (Å²) in [6.07, 6.45) is 20.2. The maximum Gasteiger partial charge on any atom is 0.355 e. The van der Waals surface area contributed by atoms with Gasteiger partial charge in [-0.1, -0.05) is 104 Å². The van der Waals surface area contributed by atoms with Crippen LogP contribution in [0.2, 0.25) is 0 Å². The number of aliphatic hydroxyl groups is 1. The summed E-state index contributed by atoms with van der Waals surface area (Å²) in [7, 11) is 0. The summed E-state index contributed by atoms with van der Waals surface area (Å²) in [4.78, 5) is 46.3. The van der Waals surface area contributed by atoms with E-state index in [0.717, 1.165) is 57.8 Å². The van der Waals surface area contributed by atoms with Crippen molar-refractivity contribution < 1.29 is 34.2 Å². The lowest BCUT2D eigenvalue weighted by Crippen LogP contribution is -2.46. The Balaban J connectivity index is 1.22. The topological polar surface area (TPSA) is 91.3 Å². The van der Waals surface area contributed by atoms with Crippen molar-refractivity contribution in [2.75, 3.05) is 0 Å². The highest BCUT2D eigenvalue weighted by atomic mass is 17.2. The van der Waals surface area contributed by atoms with Gasteiger partial charge in [-0.05, 0) is 86.0 Å². The molecule has 0 radical (unpaired) electrons. The van der Waals surface area contributed by atoms with Crippen LogP contribution in [-0.4, -0.2) is 29.3 Å². The van der Waals surface area contributed by atoms with Gasteiger partial charge in [-0.2, -0.15) is 4.89 Å². The normalized spacial score (nSPS) is 26.9. The van der Waals surface area contributed by atoms with Gasteiger partial charge in [0.2, 0.25) is 0 Å². The first-order valence-electron chi connectivity index (χ1n) is 18.4. The lowest BCUT2D eigenvalue weighted by atomic mass is 9.55. The van der Waals surface area contributed by atoms with Crippen LogP contribution in [0, 0.1) is 17.3 Å². The molecule has 0 heterocycles. The van der Waals surface area contributed by atoms with Gasteiger partial charge in [0.15, 0.2) is 5.75 Å². The summed E-state index contributed by atoms with van der Waals surface area (Å²) >= 11 is 0. The predicted octanol–water partition coefficient (Wildman–Crippen LogP) is 9.48. The van der Waals surface area contributed by atoms with Gasteiger partial charge in [-0.25, -0.2) is 9.59 Å². The van der Waals surface area contributed by atoms with Crippen LogP contribution in [0.4, 0.5) is 0 Å². The van der Waals surface area contributed by atoms with Crippen molar-refractivity contribution in [3.8, 4) is 5.75 Å². The Morgan fingerprint density at radius 1 is 0.822 bits per heavy atom. The van der Waals surface area contributed by atoms with E-state index in [0.29, 0.717) is 42.8 Å². The van der Waals surface area contributed by atoms with Gasteiger partial charge in [0, 0.05) is 11.8 Å². The van der Waals surface area contributed by atoms with Crippen LogP contribution in [0.3, 0.4) is 0 Å². The van der Waals surface area contributed by atoms with Crippen molar-refractivity contribution in [2.45, 2.75) is 174 Å². The van der Waals surface area contributed by atoms with E-state index < -0.39 is 12.2 Å². The number of aliphatic hydroxyl groups excluding tert-OH is 1. The first kappa shape index (κ1) is 35.7. The summed E-state index contributed by atoms with van der Waals surface area (Å²) in [6.45, 7) is 6.65. The second-order valence-corrected chi connectivity index (χ2v) is 14.4. The maximum absolute atomic E-state index is 12.4. The first-order chi connectivity index (χ1) is 21.9. The van der Waals surface area contributed by atoms with E-state index in [1.807, 2.05) is 12.1 Å². The molecule has 7 nitrogen and oxygen atoms in total. The van der Waals surface area contributed by atoms with E-state index >= 15 is 0 Å². The fourth-order valence-electron chi connectivity index (χ4n) is 8.49. The lowest BCUT2D eigenvalue weighted by molar-refractivity contribution is -0.327. The van der Waals surface area contributed by atoms with Gasteiger partial charge in [0.25, 0.3) is 0 Å². The van der Waals surface area contributed by atoms with E-state index in [1.165, 1.54) is 68.9 Å². The van der Waals surface area contributed by atoms with Crippen molar-refractivity contribution >= 4 is 11.9 Å². The molecule has 3 aliphatic rings. The monoisotopic (exact) mass is 628 g/mol. The van der Waals surface area contributed by atoms with Crippen molar-refractivity contribution in [1.82, 2.24) is 0 Å². The highest BCUT2D eigenvalue weighted by Crippen LogP contribution is 2.61. The van der Waals surface area contributed by atoms with Gasteiger partial charge in [0.05, 0.1) is 12.5 Å². The molecule has 0 aromatic heterocycles. The van der Waals surface area contributed by atoms with Gasteiger partial charge < -0.3 is 5.11 Å². The average molecular weight is 629 g/mol. The molecule has 1 aromatic carbocycles. The molecule has 0 spiro atoms. The standard InChI is InChI=1S/C38H60O7/c1-4-6-8-10-12-14-16-18-35(40)43-42-29-21-23-30-28(26-29)20-22-32-31(30)24-25-38(3)33(32)27-34(39)37(38)45-44-36(41)19-17-15-13-11-9-7-5-2/h21,23,26,31-34,37,39H,4-20,22,24-25,27H2,1-3H3/t31-,32-,33+,34-,37+,38+/m1/s1. The molecule has 3 aliphatic carbocycles. The molecule has 45 heavy (non-hydrogen) atoms. The molecule has 7 heteroatoms. The number of hydrogen-bond acceptors (Lipinski definition) is 7. The summed E-state index contributed by atoms with van der Waals surface area (Å²) in [5, 5.41) is 11.1. The van der Waals surface area contributed by atoms with E-state index in [4.69, 9.17) is 19.6 Å². The minimum Gasteiger partial charge on any atom is -0.390 e. The summed E-state index contributed by atoms with van der Waals surface area (Å²) in [5.41, 5.74) is 2.37. The van der Waals surface area contributed by atoms with E-state index in [9.17, 15) is 14.7 Å². The minimum atomic E-state index is -0.641. The fourth-order valence-corrected chi connectivity index (χ4v) is 8.49. The fraction of sp³-hybridized carbons (Fsp3) is 0.789. The van der Waals surface area contributed by atoms with Crippen LogP contribution in [0.1, 0.15) is 166 Å². The molecule has 0 amide bonds. The largest absolute Gasteiger partial charge is 0.390 e. The van der Waals surface area contributed by atoms with Crippen LogP contribution < -0.4 is 4.89 Å². The molecule has 254 valence electrons. The first-order valence-corrected chi connectivity index (χ1v) is 18.4. The quantitative estimate of drug-likeness (QED) is 0.0873. The molecule has 2 fully saturated rings. The Kier molecular flexibility index (Phi) is 14.5. The molecule has 0 saturated heterocycles. The van der Waals surface area contributed by atoms with E-state index in [1.54, 1.807) is 0 Å². The molecule has 0 aliphatic heterocycles. The zero-order valence-corrected chi connectivity index (χ0v) is 28.4. The van der Waals surface area contributed by atoms with E-state index in [-0.39, 0.29) is 17.4 Å². The molecule has 6 atom stereocenters. The Morgan fingerprint density at radius 2 is 1.42 bits per heavy atom. The number of fused-ring (bicyclic) bond motifs is 5. The van der Waals surface area contributed by atoms with Crippen molar-refractivity contribution in [3.63, 3.8) is 0 Å². The van der Waals surface area contributed by atoms with Crippen molar-refractivity contribution in [1.29, 1.82) is 0 Å². The summed E-state index contributed by atoms with van der Waals surface area (Å²) in [5.74, 6) is 1.08. The highest BCUT2D eigenvalue weighted by molar-refractivity contribution is 5.69. The molecule has 1 N–H and O–H groups in total. The van der Waals surface area contributed by atoms with Gasteiger partial charge in [0.1, 0.15) is 6.10 Å². The Bertz CT molecular complexity index is 1060. The van der Waals surface area contributed by atoms with Crippen LogP contribution in [-0.2, 0) is 30.7 Å². The molecule has 4 rings (SSSR count). The van der Waals surface area contributed by atoms with Gasteiger partial charge in [-0.15, -0.1) is 0 Å². The lowest BCUT2D eigenvalue weighted by Gasteiger charge is -2.50. The highest BCUT2D eigenvalue weighted by Gasteiger charge is 2.59. The third-order valence-electron chi connectivity index (χ3n) is 11.1. The van der Waals surface area contributed by atoms with Crippen molar-refractivity contribution in [2.24, 2.45) is 17.3 Å². The third kappa shape index (κ3) is 9.93. The van der Waals surface area contributed by atoms with Crippen molar-refractivity contribution in [3.05, 3.63) is 29.3 Å². The number of rotatable bonds is 20. The zero-order valence-electron chi connectivity index (χ0n) is 28.4. The molecular weight excluding hydrogens is 568 g/mol. The predicted molar refractivity (Wildman–Crippen MR) is 175 cm³/mol. The molecule has 1 aromatic rings. The van der Waals surface area contributed by atoms with Crippen LogP contribution in [0.25, 0.3) is 0 Å². The van der Waals surface area contributed by atoms with Crippen LogP contribution >= 0.6 is 0 Å². The Hall–Kier alpha value is -2.12. The molecule has 0 bridgehead atoms. The summed E-state index contributed by atoms with van der Waals surface area (Å²) in [6, 6.07) is 6.08. The molecule has 0 unspecified atom stereocenters. The van der Waals surface area contributed by atoms with Gasteiger partial charge in [-0.3, -0.25) is 14.7 Å². The molecular formula is C38H60O7. The maximum atomic E-state index is 12.4. The van der Waals surface area contributed by atoms with E-state index in [2.05, 4.69) is 26.8 Å². The second-order valence-electron chi connectivity index (χ2n) is 14.4. The number of hydrogen-bond donors (Lipinski definition) is 1. The SMILES string of the molecule is CCCCCCCCCC(=O)OOc1ccc2c(c1)CC[C@@H]1[C@@H]2CC[C@@]2(C)[C@H]1C[C@@H](O)[C@@H]2OOC(=O)CCCCCCCCC. The zero-order chi connectivity index (χ0) is 32.1. The molecule has 2 saturated carbocycles. The number of carbonyl (C=O) groups excluding carboxylic acids is 2. The summed E-state index contributed by atoms with van der Waals surface area (Å²) < 4.78 is 0.